The maximum Gasteiger partial charge on any atom is 0.162 e. The van der Waals surface area contributed by atoms with Gasteiger partial charge in [0, 0.05) is 49.3 Å². The van der Waals surface area contributed by atoms with Crippen LogP contribution < -0.4 is 0 Å². The summed E-state index contributed by atoms with van der Waals surface area (Å²) < 4.78 is 4.80. The summed E-state index contributed by atoms with van der Waals surface area (Å²) in [5.41, 5.74) is 11.1. The Kier molecular flexibility index (Phi) is 5.31. The first-order valence-electron chi connectivity index (χ1n) is 16.2. The number of hydrogen-bond acceptors (Lipinski definition) is 2. The van der Waals surface area contributed by atoms with E-state index in [1.165, 1.54) is 43.7 Å². The average molecular weight is 603 g/mol. The van der Waals surface area contributed by atoms with Crippen molar-refractivity contribution in [1.29, 1.82) is 0 Å². The van der Waals surface area contributed by atoms with Gasteiger partial charge in [0.25, 0.3) is 0 Å². The lowest BCUT2D eigenvalue weighted by molar-refractivity contribution is 0.650. The molecule has 9 aromatic rings. The Balaban J connectivity index is 1.39. The fourth-order valence-corrected chi connectivity index (χ4v) is 7.98. The molecule has 1 aliphatic rings. The third kappa shape index (κ3) is 3.58. The van der Waals surface area contributed by atoms with Crippen molar-refractivity contribution < 1.29 is 0 Å². The zero-order valence-electron chi connectivity index (χ0n) is 26.1. The molecule has 0 atom stereocenters. The molecule has 0 bridgehead atoms. The number of nitrogens with zero attached hydrogens (tertiary/aromatic N) is 4. The van der Waals surface area contributed by atoms with Crippen LogP contribution in [0.25, 0.3) is 77.8 Å². The minimum absolute atomic E-state index is 0.294. The second-order valence-electron chi connectivity index (χ2n) is 13.1. The number of hydrogen-bond donors (Lipinski definition) is 0. The predicted molar refractivity (Wildman–Crippen MR) is 194 cm³/mol. The van der Waals surface area contributed by atoms with E-state index < -0.39 is 0 Å². The van der Waals surface area contributed by atoms with E-state index in [1.807, 2.05) is 6.07 Å². The van der Waals surface area contributed by atoms with Crippen molar-refractivity contribution in [2.75, 3.05) is 0 Å². The smallest absolute Gasteiger partial charge is 0.162 e. The molecule has 0 saturated heterocycles. The normalized spacial score (nSPS) is 13.5. The molecule has 3 aromatic heterocycles. The van der Waals surface area contributed by atoms with Crippen LogP contribution in [0.5, 0.6) is 0 Å². The number of aromatic nitrogens is 4. The molecule has 0 fully saturated rings. The molecule has 0 saturated carbocycles. The van der Waals surface area contributed by atoms with Crippen LogP contribution in [0.2, 0.25) is 0 Å². The maximum absolute atomic E-state index is 5.48. The molecule has 0 unspecified atom stereocenters. The van der Waals surface area contributed by atoms with E-state index in [1.54, 1.807) is 0 Å². The molecule has 0 N–H and O–H groups in total. The van der Waals surface area contributed by atoms with Crippen LogP contribution in [-0.2, 0) is 5.41 Å². The SMILES string of the molecule is CC1(C)c2ccccc2-c2nc(-c3ccccc3)nc(-n3c4ccccc4c4cc5c6ccccc6n(-c6ccccc6)c5cc43)c21. The van der Waals surface area contributed by atoms with E-state index in [-0.39, 0.29) is 5.41 Å². The molecule has 4 heteroatoms. The standard InChI is InChI=1S/C43H30N4/c1-43(2)34-22-12-9-21-31(34)40-39(43)42(45-41(44-40)27-15-5-3-6-16-27)47-36-24-14-11-20-30(36)33-25-32-29-19-10-13-23-35(29)46(37(32)26-38(33)47)28-17-7-4-8-18-28/h3-26H,1-2H3. The molecule has 1 aliphatic carbocycles. The lowest BCUT2D eigenvalue weighted by atomic mass is 9.82. The van der Waals surface area contributed by atoms with Gasteiger partial charge in [-0.3, -0.25) is 4.57 Å². The summed E-state index contributed by atoms with van der Waals surface area (Å²) in [4.78, 5) is 10.8. The molecule has 6 aromatic carbocycles. The van der Waals surface area contributed by atoms with Crippen molar-refractivity contribution in [1.82, 2.24) is 19.1 Å². The van der Waals surface area contributed by atoms with E-state index in [4.69, 9.17) is 9.97 Å². The second kappa shape index (κ2) is 9.51. The molecule has 0 aliphatic heterocycles. The van der Waals surface area contributed by atoms with Crippen LogP contribution in [0.3, 0.4) is 0 Å². The van der Waals surface area contributed by atoms with Gasteiger partial charge in [0.1, 0.15) is 5.82 Å². The number of benzene rings is 6. The van der Waals surface area contributed by atoms with Crippen molar-refractivity contribution in [2.45, 2.75) is 19.3 Å². The van der Waals surface area contributed by atoms with Gasteiger partial charge in [0.15, 0.2) is 5.82 Å². The van der Waals surface area contributed by atoms with Gasteiger partial charge in [-0.15, -0.1) is 0 Å². The van der Waals surface area contributed by atoms with E-state index in [9.17, 15) is 0 Å². The Labute approximate surface area is 272 Å². The van der Waals surface area contributed by atoms with Gasteiger partial charge in [0.05, 0.1) is 27.8 Å². The fraction of sp³-hybridized carbons (Fsp3) is 0.0698. The first-order chi connectivity index (χ1) is 23.1. The minimum atomic E-state index is -0.294. The molecular formula is C43H30N4. The fourth-order valence-electron chi connectivity index (χ4n) is 7.98. The van der Waals surface area contributed by atoms with Gasteiger partial charge in [-0.1, -0.05) is 123 Å². The van der Waals surface area contributed by atoms with Crippen LogP contribution in [0.1, 0.15) is 25.0 Å². The van der Waals surface area contributed by atoms with Crippen LogP contribution in [0, 0.1) is 0 Å². The van der Waals surface area contributed by atoms with Crippen molar-refractivity contribution in [2.24, 2.45) is 0 Å². The summed E-state index contributed by atoms with van der Waals surface area (Å²) in [6.07, 6.45) is 0. The maximum atomic E-state index is 5.48. The molecule has 4 nitrogen and oxygen atoms in total. The Bertz CT molecular complexity index is 2700. The number of rotatable bonds is 3. The Morgan fingerprint density at radius 3 is 1.79 bits per heavy atom. The largest absolute Gasteiger partial charge is 0.309 e. The molecule has 10 rings (SSSR count). The number of para-hydroxylation sites is 3. The first-order valence-corrected chi connectivity index (χ1v) is 16.2. The monoisotopic (exact) mass is 602 g/mol. The van der Waals surface area contributed by atoms with E-state index >= 15 is 0 Å². The third-order valence-electron chi connectivity index (χ3n) is 10.1. The minimum Gasteiger partial charge on any atom is -0.309 e. The molecule has 0 radical (unpaired) electrons. The third-order valence-corrected chi connectivity index (χ3v) is 10.1. The van der Waals surface area contributed by atoms with Gasteiger partial charge in [-0.25, -0.2) is 9.97 Å². The van der Waals surface area contributed by atoms with Crippen LogP contribution in [0.4, 0.5) is 0 Å². The molecule has 0 spiro atoms. The Morgan fingerprint density at radius 1 is 0.489 bits per heavy atom. The Morgan fingerprint density at radius 2 is 1.06 bits per heavy atom. The summed E-state index contributed by atoms with van der Waals surface area (Å²) in [7, 11) is 0. The number of fused-ring (bicyclic) bond motifs is 9. The molecule has 47 heavy (non-hydrogen) atoms. The zero-order valence-corrected chi connectivity index (χ0v) is 26.1. The average Bonchev–Trinajstić information content (AvgIpc) is 3.71. The van der Waals surface area contributed by atoms with E-state index in [2.05, 4.69) is 163 Å². The molecule has 222 valence electrons. The highest BCUT2D eigenvalue weighted by Gasteiger charge is 2.40. The zero-order chi connectivity index (χ0) is 31.3. The summed E-state index contributed by atoms with van der Waals surface area (Å²) in [6.45, 7) is 4.62. The van der Waals surface area contributed by atoms with Crippen molar-refractivity contribution in [3.8, 4) is 34.2 Å². The van der Waals surface area contributed by atoms with Crippen molar-refractivity contribution in [3.63, 3.8) is 0 Å². The highest BCUT2D eigenvalue weighted by atomic mass is 15.1. The lowest BCUT2D eigenvalue weighted by Gasteiger charge is -2.24. The first kappa shape index (κ1) is 26.2. The van der Waals surface area contributed by atoms with Gasteiger partial charge in [-0.05, 0) is 42.0 Å². The summed E-state index contributed by atoms with van der Waals surface area (Å²) in [5.74, 6) is 1.67. The second-order valence-corrected chi connectivity index (χ2v) is 13.1. The molecule has 0 amide bonds. The lowest BCUT2D eigenvalue weighted by Crippen LogP contribution is -2.19. The van der Waals surface area contributed by atoms with Gasteiger partial charge < -0.3 is 4.57 Å². The summed E-state index contributed by atoms with van der Waals surface area (Å²) >= 11 is 0. The van der Waals surface area contributed by atoms with Crippen molar-refractivity contribution in [3.05, 3.63) is 157 Å². The van der Waals surface area contributed by atoms with Crippen molar-refractivity contribution >= 4 is 43.6 Å². The quantitative estimate of drug-likeness (QED) is 0.202. The van der Waals surface area contributed by atoms with Crippen LogP contribution in [0.15, 0.2) is 146 Å². The van der Waals surface area contributed by atoms with E-state index in [0.717, 1.165) is 45.2 Å². The van der Waals surface area contributed by atoms with Crippen LogP contribution in [-0.4, -0.2) is 19.1 Å². The highest BCUT2D eigenvalue weighted by molar-refractivity contribution is 6.19. The predicted octanol–water partition coefficient (Wildman–Crippen LogP) is 10.6. The molecular weight excluding hydrogens is 573 g/mol. The van der Waals surface area contributed by atoms with Gasteiger partial charge in [-0.2, -0.15) is 0 Å². The highest BCUT2D eigenvalue weighted by Crippen LogP contribution is 2.51. The van der Waals surface area contributed by atoms with Gasteiger partial charge >= 0.3 is 0 Å². The summed E-state index contributed by atoms with van der Waals surface area (Å²) in [5, 5.41) is 4.91. The van der Waals surface area contributed by atoms with Gasteiger partial charge in [0.2, 0.25) is 0 Å². The van der Waals surface area contributed by atoms with E-state index in [0.29, 0.717) is 0 Å². The summed E-state index contributed by atoms with van der Waals surface area (Å²) in [6, 6.07) is 52.0. The topological polar surface area (TPSA) is 35.6 Å². The molecule has 3 heterocycles. The van der Waals surface area contributed by atoms with Crippen LogP contribution >= 0.6 is 0 Å². The Hall–Kier alpha value is -6.00.